The van der Waals surface area contributed by atoms with Crippen LogP contribution in [0.3, 0.4) is 0 Å². The molecule has 1 aliphatic carbocycles. The van der Waals surface area contributed by atoms with Gasteiger partial charge in [-0.1, -0.05) is 0 Å². The molecular formula is C13H21N5O2S. The quantitative estimate of drug-likeness (QED) is 0.803. The number of anilines is 1. The van der Waals surface area contributed by atoms with Crippen LogP contribution >= 0.6 is 0 Å². The summed E-state index contributed by atoms with van der Waals surface area (Å²) >= 11 is 0. The Balaban J connectivity index is 1.50. The van der Waals surface area contributed by atoms with Crippen LogP contribution in [0.15, 0.2) is 18.3 Å². The molecule has 1 aromatic heterocycles. The van der Waals surface area contributed by atoms with Crippen molar-refractivity contribution in [3.05, 3.63) is 18.3 Å². The highest BCUT2D eigenvalue weighted by Crippen LogP contribution is 2.23. The van der Waals surface area contributed by atoms with Gasteiger partial charge in [0.05, 0.1) is 0 Å². The van der Waals surface area contributed by atoms with Gasteiger partial charge >= 0.3 is 10.2 Å². The lowest BCUT2D eigenvalue weighted by Crippen LogP contribution is -2.43. The van der Waals surface area contributed by atoms with Crippen molar-refractivity contribution in [3.8, 4) is 0 Å². The van der Waals surface area contributed by atoms with Gasteiger partial charge in [-0.25, -0.2) is 0 Å². The molecule has 0 atom stereocenters. The molecule has 1 aromatic rings. The molecule has 2 heterocycles. The monoisotopic (exact) mass is 311 g/mol. The summed E-state index contributed by atoms with van der Waals surface area (Å²) in [4.78, 5) is 0. The Morgan fingerprint density at radius 2 is 2.00 bits per heavy atom. The maximum absolute atomic E-state index is 12.3. The van der Waals surface area contributed by atoms with Crippen LogP contribution in [0.25, 0.3) is 0 Å². The van der Waals surface area contributed by atoms with Gasteiger partial charge in [0.2, 0.25) is 0 Å². The first kappa shape index (κ1) is 14.7. The van der Waals surface area contributed by atoms with E-state index in [2.05, 4.69) is 20.2 Å². The van der Waals surface area contributed by atoms with E-state index in [4.69, 9.17) is 0 Å². The molecule has 0 unspecified atom stereocenters. The second kappa shape index (κ2) is 6.25. The number of nitrogens with one attached hydrogen (secondary N) is 2. The highest BCUT2D eigenvalue weighted by Gasteiger charge is 2.29. The summed E-state index contributed by atoms with van der Waals surface area (Å²) in [5.74, 6) is 0.837. The summed E-state index contributed by atoms with van der Waals surface area (Å²) in [6.45, 7) is 2.13. The van der Waals surface area contributed by atoms with Crippen LogP contribution < -0.4 is 10.0 Å². The highest BCUT2D eigenvalue weighted by molar-refractivity contribution is 7.90. The highest BCUT2D eigenvalue weighted by atomic mass is 32.2. The predicted molar refractivity (Wildman–Crippen MR) is 79.9 cm³/mol. The van der Waals surface area contributed by atoms with Gasteiger partial charge in [0.1, 0.15) is 0 Å². The van der Waals surface area contributed by atoms with Crippen molar-refractivity contribution < 1.29 is 8.42 Å². The smallest absolute Gasteiger partial charge is 0.302 e. The third-order valence-electron chi connectivity index (χ3n) is 3.99. The average molecular weight is 311 g/mol. The van der Waals surface area contributed by atoms with Crippen LogP contribution in [-0.4, -0.2) is 48.6 Å². The number of hydrogen-bond acceptors (Lipinski definition) is 5. The summed E-state index contributed by atoms with van der Waals surface area (Å²) in [7, 11) is -3.52. The van der Waals surface area contributed by atoms with Crippen LogP contribution in [0.2, 0.25) is 0 Å². The fraction of sp³-hybridized carbons (Fsp3) is 0.692. The number of aromatic nitrogens is 2. The van der Waals surface area contributed by atoms with Gasteiger partial charge < -0.3 is 5.32 Å². The second-order valence-electron chi connectivity index (χ2n) is 5.74. The maximum atomic E-state index is 12.3. The van der Waals surface area contributed by atoms with E-state index < -0.39 is 10.2 Å². The molecule has 0 bridgehead atoms. The molecule has 0 radical (unpaired) electrons. The fourth-order valence-corrected chi connectivity index (χ4v) is 3.72. The summed E-state index contributed by atoms with van der Waals surface area (Å²) < 4.78 is 28.5. The number of rotatable bonds is 6. The van der Waals surface area contributed by atoms with Gasteiger partial charge in [0.15, 0.2) is 5.82 Å². The lowest BCUT2D eigenvalue weighted by molar-refractivity contribution is 0.268. The molecule has 0 aromatic carbocycles. The van der Waals surface area contributed by atoms with Crippen molar-refractivity contribution in [2.24, 2.45) is 5.92 Å². The molecule has 3 rings (SSSR count). The first-order chi connectivity index (χ1) is 10.1. The predicted octanol–water partition coefficient (Wildman–Crippen LogP) is 0.597. The lowest BCUT2D eigenvalue weighted by atomic mass is 9.98. The molecule has 2 fully saturated rings. The van der Waals surface area contributed by atoms with Gasteiger partial charge in [0.25, 0.3) is 0 Å². The minimum Gasteiger partial charge on any atom is -0.314 e. The molecular weight excluding hydrogens is 290 g/mol. The largest absolute Gasteiger partial charge is 0.314 e. The average Bonchev–Trinajstić information content (AvgIpc) is 3.30. The zero-order valence-electron chi connectivity index (χ0n) is 11.9. The molecule has 2 N–H and O–H groups in total. The molecule has 2 aliphatic rings. The third kappa shape index (κ3) is 4.12. The topological polar surface area (TPSA) is 87.2 Å². The van der Waals surface area contributed by atoms with Crippen molar-refractivity contribution in [1.82, 2.24) is 19.8 Å². The van der Waals surface area contributed by atoms with Crippen LogP contribution in [0, 0.1) is 5.92 Å². The van der Waals surface area contributed by atoms with Crippen LogP contribution in [-0.2, 0) is 10.2 Å². The van der Waals surface area contributed by atoms with Gasteiger partial charge in [-0.3, -0.25) is 4.72 Å². The Labute approximate surface area is 125 Å². The van der Waals surface area contributed by atoms with Gasteiger partial charge in [-0.2, -0.15) is 17.8 Å². The van der Waals surface area contributed by atoms with Crippen molar-refractivity contribution in [2.45, 2.75) is 31.7 Å². The van der Waals surface area contributed by atoms with E-state index in [0.29, 0.717) is 25.0 Å². The van der Waals surface area contributed by atoms with Gasteiger partial charge in [-0.15, -0.1) is 5.10 Å². The standard InChI is InChI=1S/C13H21N5O2S/c19-21(20,17-13-2-1-7-15-16-13)18-8-5-11(6-9-18)10-14-12-3-4-12/h1-2,7,11-12,14H,3-6,8-10H2,(H,16,17). The minimum atomic E-state index is -3.52. The van der Waals surface area contributed by atoms with E-state index in [-0.39, 0.29) is 5.82 Å². The number of nitrogens with zero attached hydrogens (tertiary/aromatic N) is 3. The Morgan fingerprint density at radius 3 is 2.62 bits per heavy atom. The maximum Gasteiger partial charge on any atom is 0.302 e. The van der Waals surface area contributed by atoms with E-state index in [1.165, 1.54) is 23.3 Å². The molecule has 21 heavy (non-hydrogen) atoms. The Kier molecular flexibility index (Phi) is 4.37. The summed E-state index contributed by atoms with van der Waals surface area (Å²) in [6.07, 6.45) is 5.89. The molecule has 7 nitrogen and oxygen atoms in total. The first-order valence-electron chi connectivity index (χ1n) is 7.42. The molecule has 0 amide bonds. The van der Waals surface area contributed by atoms with Crippen LogP contribution in [0.4, 0.5) is 5.82 Å². The van der Waals surface area contributed by atoms with E-state index >= 15 is 0 Å². The molecule has 1 aliphatic heterocycles. The Bertz CT molecular complexity index is 553. The zero-order valence-corrected chi connectivity index (χ0v) is 12.7. The van der Waals surface area contributed by atoms with Gasteiger partial charge in [-0.05, 0) is 50.3 Å². The van der Waals surface area contributed by atoms with Crippen molar-refractivity contribution in [1.29, 1.82) is 0 Å². The molecule has 8 heteroatoms. The SMILES string of the molecule is O=S(=O)(Nc1cccnn1)N1CCC(CNC2CC2)CC1. The number of hydrogen-bond donors (Lipinski definition) is 2. The molecule has 116 valence electrons. The van der Waals surface area contributed by atoms with E-state index in [1.807, 2.05) is 0 Å². The van der Waals surface area contributed by atoms with Gasteiger partial charge in [0, 0.05) is 25.3 Å². The number of piperidine rings is 1. The summed E-state index contributed by atoms with van der Waals surface area (Å²) in [5, 5.41) is 10.9. The van der Waals surface area contributed by atoms with Crippen molar-refractivity contribution >= 4 is 16.0 Å². The fourth-order valence-electron chi connectivity index (χ4n) is 2.53. The lowest BCUT2D eigenvalue weighted by Gasteiger charge is -2.31. The second-order valence-corrected chi connectivity index (χ2v) is 7.41. The third-order valence-corrected chi connectivity index (χ3v) is 5.50. The van der Waals surface area contributed by atoms with E-state index in [9.17, 15) is 8.42 Å². The van der Waals surface area contributed by atoms with Crippen molar-refractivity contribution in [3.63, 3.8) is 0 Å². The first-order valence-corrected chi connectivity index (χ1v) is 8.86. The molecule has 1 saturated heterocycles. The zero-order chi connectivity index (χ0) is 14.7. The minimum absolute atomic E-state index is 0.259. The Morgan fingerprint density at radius 1 is 1.24 bits per heavy atom. The Hall–Kier alpha value is -1.25. The van der Waals surface area contributed by atoms with Crippen molar-refractivity contribution in [2.75, 3.05) is 24.4 Å². The normalized spacial score (nSPS) is 21.3. The van der Waals surface area contributed by atoms with Crippen LogP contribution in [0.1, 0.15) is 25.7 Å². The summed E-state index contributed by atoms with van der Waals surface area (Å²) in [6, 6.07) is 3.96. The van der Waals surface area contributed by atoms with E-state index in [0.717, 1.165) is 19.4 Å². The molecule has 0 spiro atoms. The van der Waals surface area contributed by atoms with Crippen LogP contribution in [0.5, 0.6) is 0 Å². The van der Waals surface area contributed by atoms with E-state index in [1.54, 1.807) is 12.1 Å². The molecule has 1 saturated carbocycles. The summed E-state index contributed by atoms with van der Waals surface area (Å²) in [5.41, 5.74) is 0.